The Hall–Kier alpha value is -1.65. The van der Waals surface area contributed by atoms with E-state index in [0.29, 0.717) is 17.1 Å². The van der Waals surface area contributed by atoms with E-state index in [-0.39, 0.29) is 17.8 Å². The number of ether oxygens (including phenoxy) is 1. The smallest absolute Gasteiger partial charge is 0.308 e. The topological polar surface area (TPSA) is 78.1 Å². The quantitative estimate of drug-likeness (QED) is 0.745. The fourth-order valence-electron chi connectivity index (χ4n) is 1.27. The maximum Gasteiger partial charge on any atom is 0.308 e. The Kier molecular flexibility index (Phi) is 3.24. The van der Waals surface area contributed by atoms with Crippen molar-refractivity contribution in [2.75, 3.05) is 5.73 Å². The van der Waals surface area contributed by atoms with E-state index in [4.69, 9.17) is 10.5 Å². The largest absolute Gasteiger partial charge is 0.423 e. The SMILES string of the molecule is CC(=O)Oc1c(C)nc(N)nc1C(C)C. The standard InChI is InChI=1S/C10H15N3O2/c1-5(2)8-9(15-7(4)14)6(3)12-10(11)13-8/h5H,1-4H3,(H2,11,12,13). The van der Waals surface area contributed by atoms with Crippen LogP contribution in [0.4, 0.5) is 5.95 Å². The Morgan fingerprint density at radius 3 is 2.47 bits per heavy atom. The van der Waals surface area contributed by atoms with Crippen LogP contribution < -0.4 is 10.5 Å². The number of hydrogen-bond acceptors (Lipinski definition) is 5. The van der Waals surface area contributed by atoms with E-state index in [0.717, 1.165) is 0 Å². The molecule has 82 valence electrons. The van der Waals surface area contributed by atoms with Crippen LogP contribution in [-0.4, -0.2) is 15.9 Å². The van der Waals surface area contributed by atoms with Gasteiger partial charge in [0.15, 0.2) is 5.75 Å². The fraction of sp³-hybridized carbons (Fsp3) is 0.500. The van der Waals surface area contributed by atoms with Gasteiger partial charge in [0.05, 0.1) is 11.4 Å². The molecule has 0 aliphatic heterocycles. The first-order chi connectivity index (χ1) is 6.91. The summed E-state index contributed by atoms with van der Waals surface area (Å²) in [6, 6.07) is 0. The van der Waals surface area contributed by atoms with Crippen LogP contribution in [0.5, 0.6) is 5.75 Å². The molecule has 0 fully saturated rings. The molecule has 0 saturated heterocycles. The van der Waals surface area contributed by atoms with Crippen LogP contribution in [0.25, 0.3) is 0 Å². The van der Waals surface area contributed by atoms with E-state index >= 15 is 0 Å². The van der Waals surface area contributed by atoms with Gasteiger partial charge in [-0.05, 0) is 12.8 Å². The lowest BCUT2D eigenvalue weighted by Crippen LogP contribution is -2.11. The summed E-state index contributed by atoms with van der Waals surface area (Å²) >= 11 is 0. The zero-order chi connectivity index (χ0) is 11.6. The van der Waals surface area contributed by atoms with Crippen molar-refractivity contribution in [3.63, 3.8) is 0 Å². The summed E-state index contributed by atoms with van der Waals surface area (Å²) in [6.45, 7) is 6.99. The van der Waals surface area contributed by atoms with E-state index in [1.807, 2.05) is 13.8 Å². The Morgan fingerprint density at radius 1 is 1.40 bits per heavy atom. The highest BCUT2D eigenvalue weighted by atomic mass is 16.5. The molecule has 0 unspecified atom stereocenters. The van der Waals surface area contributed by atoms with Gasteiger partial charge in [-0.15, -0.1) is 0 Å². The van der Waals surface area contributed by atoms with Crippen LogP contribution in [0.3, 0.4) is 0 Å². The monoisotopic (exact) mass is 209 g/mol. The molecule has 0 aliphatic carbocycles. The van der Waals surface area contributed by atoms with E-state index in [9.17, 15) is 4.79 Å². The Bertz CT molecular complexity index is 388. The van der Waals surface area contributed by atoms with Gasteiger partial charge in [-0.1, -0.05) is 13.8 Å². The fourth-order valence-corrected chi connectivity index (χ4v) is 1.27. The van der Waals surface area contributed by atoms with Gasteiger partial charge in [0, 0.05) is 6.92 Å². The van der Waals surface area contributed by atoms with Crippen LogP contribution in [0.15, 0.2) is 0 Å². The maximum atomic E-state index is 10.9. The Labute approximate surface area is 88.7 Å². The van der Waals surface area contributed by atoms with E-state index in [1.165, 1.54) is 6.92 Å². The van der Waals surface area contributed by atoms with Gasteiger partial charge in [-0.3, -0.25) is 4.79 Å². The molecule has 5 nitrogen and oxygen atoms in total. The molecular formula is C10H15N3O2. The third-order valence-corrected chi connectivity index (χ3v) is 1.87. The van der Waals surface area contributed by atoms with Crippen molar-refractivity contribution >= 4 is 11.9 Å². The van der Waals surface area contributed by atoms with Crippen molar-refractivity contribution in [3.05, 3.63) is 11.4 Å². The van der Waals surface area contributed by atoms with Crippen LogP contribution in [0.2, 0.25) is 0 Å². The third-order valence-electron chi connectivity index (χ3n) is 1.87. The average molecular weight is 209 g/mol. The van der Waals surface area contributed by atoms with Gasteiger partial charge in [0.1, 0.15) is 0 Å². The minimum Gasteiger partial charge on any atom is -0.423 e. The summed E-state index contributed by atoms with van der Waals surface area (Å²) < 4.78 is 5.07. The summed E-state index contributed by atoms with van der Waals surface area (Å²) in [5, 5.41) is 0. The Morgan fingerprint density at radius 2 is 2.00 bits per heavy atom. The van der Waals surface area contributed by atoms with Gasteiger partial charge in [-0.25, -0.2) is 9.97 Å². The number of aromatic nitrogens is 2. The molecule has 0 spiro atoms. The van der Waals surface area contributed by atoms with Crippen molar-refractivity contribution in [2.24, 2.45) is 0 Å². The first-order valence-electron chi connectivity index (χ1n) is 4.74. The highest BCUT2D eigenvalue weighted by molar-refractivity contribution is 5.70. The molecule has 0 aliphatic rings. The predicted molar refractivity (Wildman–Crippen MR) is 56.6 cm³/mol. The van der Waals surface area contributed by atoms with Crippen molar-refractivity contribution in [1.29, 1.82) is 0 Å². The number of carbonyl (C=O) groups excluding carboxylic acids is 1. The number of esters is 1. The van der Waals surface area contributed by atoms with Crippen molar-refractivity contribution < 1.29 is 9.53 Å². The molecule has 1 heterocycles. The number of rotatable bonds is 2. The minimum absolute atomic E-state index is 0.128. The summed E-state index contributed by atoms with van der Waals surface area (Å²) in [5.74, 6) is 0.371. The number of anilines is 1. The number of nitrogens with zero attached hydrogens (tertiary/aromatic N) is 2. The van der Waals surface area contributed by atoms with Crippen molar-refractivity contribution in [2.45, 2.75) is 33.6 Å². The lowest BCUT2D eigenvalue weighted by molar-refractivity contribution is -0.132. The lowest BCUT2D eigenvalue weighted by Gasteiger charge is -2.13. The number of nitrogens with two attached hydrogens (primary N) is 1. The van der Waals surface area contributed by atoms with Crippen LogP contribution in [0.1, 0.15) is 38.1 Å². The van der Waals surface area contributed by atoms with Gasteiger partial charge in [-0.2, -0.15) is 0 Å². The van der Waals surface area contributed by atoms with Gasteiger partial charge >= 0.3 is 5.97 Å². The molecule has 1 rings (SSSR count). The second-order valence-electron chi connectivity index (χ2n) is 3.63. The second kappa shape index (κ2) is 4.25. The lowest BCUT2D eigenvalue weighted by atomic mass is 10.1. The molecular weight excluding hydrogens is 194 g/mol. The maximum absolute atomic E-state index is 10.9. The Balaban J connectivity index is 3.26. The van der Waals surface area contributed by atoms with Gasteiger partial charge in [0.25, 0.3) is 0 Å². The van der Waals surface area contributed by atoms with Crippen LogP contribution in [0, 0.1) is 6.92 Å². The van der Waals surface area contributed by atoms with Gasteiger partial charge in [0.2, 0.25) is 5.95 Å². The summed E-state index contributed by atoms with van der Waals surface area (Å²) in [7, 11) is 0. The zero-order valence-electron chi connectivity index (χ0n) is 9.37. The third kappa shape index (κ3) is 2.65. The van der Waals surface area contributed by atoms with E-state index in [2.05, 4.69) is 9.97 Å². The molecule has 2 N–H and O–H groups in total. The highest BCUT2D eigenvalue weighted by Crippen LogP contribution is 2.27. The second-order valence-corrected chi connectivity index (χ2v) is 3.63. The minimum atomic E-state index is -0.381. The summed E-state index contributed by atoms with van der Waals surface area (Å²) in [5.41, 5.74) is 6.78. The zero-order valence-corrected chi connectivity index (χ0v) is 9.37. The van der Waals surface area contributed by atoms with Crippen LogP contribution >= 0.6 is 0 Å². The molecule has 0 saturated carbocycles. The molecule has 0 amide bonds. The molecule has 15 heavy (non-hydrogen) atoms. The molecule has 0 bridgehead atoms. The van der Waals surface area contributed by atoms with E-state index < -0.39 is 0 Å². The first-order valence-corrected chi connectivity index (χ1v) is 4.74. The van der Waals surface area contributed by atoms with Crippen LogP contribution in [-0.2, 0) is 4.79 Å². The normalized spacial score (nSPS) is 10.5. The number of hydrogen-bond donors (Lipinski definition) is 1. The molecule has 0 aromatic carbocycles. The predicted octanol–water partition coefficient (Wildman–Crippen LogP) is 1.42. The number of aryl methyl sites for hydroxylation is 1. The van der Waals surface area contributed by atoms with E-state index in [1.54, 1.807) is 6.92 Å². The first kappa shape index (κ1) is 11.4. The number of nitrogen functional groups attached to an aromatic ring is 1. The number of carbonyl (C=O) groups is 1. The summed E-state index contributed by atoms with van der Waals surface area (Å²) in [4.78, 5) is 19.0. The molecule has 1 aromatic heterocycles. The highest BCUT2D eigenvalue weighted by Gasteiger charge is 2.16. The molecule has 0 atom stereocenters. The molecule has 0 radical (unpaired) electrons. The average Bonchev–Trinajstić information content (AvgIpc) is 2.08. The van der Waals surface area contributed by atoms with Crippen molar-refractivity contribution in [3.8, 4) is 5.75 Å². The van der Waals surface area contributed by atoms with Crippen molar-refractivity contribution in [1.82, 2.24) is 9.97 Å². The summed E-state index contributed by atoms with van der Waals surface area (Å²) in [6.07, 6.45) is 0. The van der Waals surface area contributed by atoms with Gasteiger partial charge < -0.3 is 10.5 Å². The molecule has 1 aromatic rings. The molecule has 5 heteroatoms.